The summed E-state index contributed by atoms with van der Waals surface area (Å²) in [6, 6.07) is 8.30. The van der Waals surface area contributed by atoms with Gasteiger partial charge in [-0.2, -0.15) is 0 Å². The zero-order valence-corrected chi connectivity index (χ0v) is 12.1. The van der Waals surface area contributed by atoms with E-state index in [4.69, 9.17) is 5.73 Å². The number of nitrogens with two attached hydrogens (primary N) is 1. The average molecular weight is 297 g/mol. The van der Waals surface area contributed by atoms with Crippen LogP contribution in [0.4, 0.5) is 5.69 Å². The summed E-state index contributed by atoms with van der Waals surface area (Å²) in [4.78, 5) is 0. The van der Waals surface area contributed by atoms with E-state index in [0.717, 1.165) is 22.0 Å². The van der Waals surface area contributed by atoms with Gasteiger partial charge >= 0.3 is 0 Å². The van der Waals surface area contributed by atoms with Gasteiger partial charge in [0.15, 0.2) is 0 Å². The first kappa shape index (κ1) is 12.9. The second kappa shape index (κ2) is 4.99. The highest BCUT2D eigenvalue weighted by atomic mass is 79.9. The molecule has 1 saturated carbocycles. The van der Waals surface area contributed by atoms with Gasteiger partial charge in [-0.15, -0.1) is 0 Å². The standard InChI is InChI=1S/C14H21BrN2/c1-10(2)11-7-14(8-11,9-16)17-13-5-3-4-12(15)6-13/h3-6,10-11,17H,7-9,16H2,1-2H3. The van der Waals surface area contributed by atoms with Crippen LogP contribution in [-0.2, 0) is 0 Å². The van der Waals surface area contributed by atoms with Crippen molar-refractivity contribution in [1.29, 1.82) is 0 Å². The molecule has 0 atom stereocenters. The second-order valence-electron chi connectivity index (χ2n) is 5.53. The Balaban J connectivity index is 2.02. The Morgan fingerprint density at radius 2 is 2.18 bits per heavy atom. The van der Waals surface area contributed by atoms with Crippen LogP contribution in [0.1, 0.15) is 26.7 Å². The van der Waals surface area contributed by atoms with Crippen molar-refractivity contribution in [3.05, 3.63) is 28.7 Å². The van der Waals surface area contributed by atoms with Crippen molar-refractivity contribution in [2.75, 3.05) is 11.9 Å². The molecule has 0 aromatic heterocycles. The molecule has 0 spiro atoms. The lowest BCUT2D eigenvalue weighted by Gasteiger charge is -2.50. The topological polar surface area (TPSA) is 38.0 Å². The predicted molar refractivity (Wildman–Crippen MR) is 77.1 cm³/mol. The molecule has 1 aliphatic carbocycles. The molecular formula is C14H21BrN2. The molecule has 94 valence electrons. The summed E-state index contributed by atoms with van der Waals surface area (Å²) in [6.07, 6.45) is 2.38. The van der Waals surface area contributed by atoms with Gasteiger partial charge in [0.1, 0.15) is 0 Å². The van der Waals surface area contributed by atoms with Gasteiger partial charge < -0.3 is 11.1 Å². The van der Waals surface area contributed by atoms with Crippen molar-refractivity contribution >= 4 is 21.6 Å². The van der Waals surface area contributed by atoms with Crippen molar-refractivity contribution in [3.63, 3.8) is 0 Å². The van der Waals surface area contributed by atoms with Gasteiger partial charge in [-0.1, -0.05) is 35.8 Å². The fourth-order valence-electron chi connectivity index (χ4n) is 2.61. The Bertz CT molecular complexity index is 384. The Labute approximate surface area is 112 Å². The number of nitrogens with one attached hydrogen (secondary N) is 1. The van der Waals surface area contributed by atoms with E-state index in [-0.39, 0.29) is 5.54 Å². The molecule has 0 radical (unpaired) electrons. The number of halogens is 1. The fourth-order valence-corrected chi connectivity index (χ4v) is 3.01. The largest absolute Gasteiger partial charge is 0.378 e. The van der Waals surface area contributed by atoms with Crippen LogP contribution in [0.15, 0.2) is 28.7 Å². The molecule has 3 N–H and O–H groups in total. The lowest BCUT2D eigenvalue weighted by molar-refractivity contribution is 0.130. The third-order valence-corrected chi connectivity index (χ3v) is 4.37. The maximum Gasteiger partial charge on any atom is 0.0501 e. The van der Waals surface area contributed by atoms with Crippen LogP contribution in [0.3, 0.4) is 0 Å². The van der Waals surface area contributed by atoms with Gasteiger partial charge in [0.05, 0.1) is 5.54 Å². The Morgan fingerprint density at radius 3 is 2.71 bits per heavy atom. The number of hydrogen-bond acceptors (Lipinski definition) is 2. The maximum absolute atomic E-state index is 5.94. The van der Waals surface area contributed by atoms with Crippen molar-refractivity contribution < 1.29 is 0 Å². The lowest BCUT2D eigenvalue weighted by Crippen LogP contribution is -2.56. The molecule has 3 heteroatoms. The maximum atomic E-state index is 5.94. The highest BCUT2D eigenvalue weighted by Crippen LogP contribution is 2.43. The molecule has 0 amide bonds. The zero-order chi connectivity index (χ0) is 12.5. The molecule has 17 heavy (non-hydrogen) atoms. The molecule has 2 nitrogen and oxygen atoms in total. The van der Waals surface area contributed by atoms with Crippen LogP contribution >= 0.6 is 15.9 Å². The molecule has 0 unspecified atom stereocenters. The van der Waals surface area contributed by atoms with Crippen LogP contribution < -0.4 is 11.1 Å². The first-order chi connectivity index (χ1) is 8.04. The van der Waals surface area contributed by atoms with E-state index < -0.39 is 0 Å². The normalized spacial score (nSPS) is 27.9. The molecule has 1 aliphatic rings. The van der Waals surface area contributed by atoms with Gasteiger partial charge in [0.25, 0.3) is 0 Å². The summed E-state index contributed by atoms with van der Waals surface area (Å²) in [6.45, 7) is 5.30. The summed E-state index contributed by atoms with van der Waals surface area (Å²) in [7, 11) is 0. The minimum atomic E-state index is 0.121. The van der Waals surface area contributed by atoms with Crippen LogP contribution in [-0.4, -0.2) is 12.1 Å². The molecule has 1 aromatic rings. The molecule has 0 bridgehead atoms. The van der Waals surface area contributed by atoms with Crippen LogP contribution in [0.25, 0.3) is 0 Å². The molecule has 1 aromatic carbocycles. The lowest BCUT2D eigenvalue weighted by atomic mass is 9.64. The van der Waals surface area contributed by atoms with Gasteiger partial charge in [0, 0.05) is 16.7 Å². The first-order valence-corrected chi connectivity index (χ1v) is 7.08. The summed E-state index contributed by atoms with van der Waals surface area (Å²) >= 11 is 3.50. The second-order valence-corrected chi connectivity index (χ2v) is 6.45. The molecule has 2 rings (SSSR count). The molecule has 1 fully saturated rings. The third kappa shape index (κ3) is 2.83. The van der Waals surface area contributed by atoms with Crippen LogP contribution in [0.5, 0.6) is 0 Å². The van der Waals surface area contributed by atoms with E-state index >= 15 is 0 Å². The summed E-state index contributed by atoms with van der Waals surface area (Å²) in [5, 5.41) is 3.61. The molecule has 0 aliphatic heterocycles. The fraction of sp³-hybridized carbons (Fsp3) is 0.571. The average Bonchev–Trinajstić information content (AvgIpc) is 2.22. The van der Waals surface area contributed by atoms with E-state index in [0.29, 0.717) is 6.54 Å². The van der Waals surface area contributed by atoms with Crippen molar-refractivity contribution in [1.82, 2.24) is 0 Å². The Hall–Kier alpha value is -0.540. The van der Waals surface area contributed by atoms with E-state index in [1.54, 1.807) is 0 Å². The molecule has 0 saturated heterocycles. The highest BCUT2D eigenvalue weighted by Gasteiger charge is 2.44. The number of anilines is 1. The number of rotatable bonds is 4. The summed E-state index contributed by atoms with van der Waals surface area (Å²) in [5.41, 5.74) is 7.22. The molecule has 0 heterocycles. The minimum Gasteiger partial charge on any atom is -0.378 e. The van der Waals surface area contributed by atoms with Crippen molar-refractivity contribution in [2.45, 2.75) is 32.2 Å². The first-order valence-electron chi connectivity index (χ1n) is 6.28. The zero-order valence-electron chi connectivity index (χ0n) is 10.5. The van der Waals surface area contributed by atoms with Crippen molar-refractivity contribution in [3.8, 4) is 0 Å². The van der Waals surface area contributed by atoms with Gasteiger partial charge in [-0.3, -0.25) is 0 Å². The van der Waals surface area contributed by atoms with E-state index in [2.05, 4.69) is 53.3 Å². The van der Waals surface area contributed by atoms with Crippen LogP contribution in [0.2, 0.25) is 0 Å². The highest BCUT2D eigenvalue weighted by molar-refractivity contribution is 9.10. The third-order valence-electron chi connectivity index (χ3n) is 3.87. The van der Waals surface area contributed by atoms with Crippen LogP contribution in [0, 0.1) is 11.8 Å². The number of hydrogen-bond donors (Lipinski definition) is 2. The van der Waals surface area contributed by atoms with E-state index in [1.807, 2.05) is 6.07 Å². The summed E-state index contributed by atoms with van der Waals surface area (Å²) in [5.74, 6) is 1.58. The monoisotopic (exact) mass is 296 g/mol. The van der Waals surface area contributed by atoms with E-state index in [9.17, 15) is 0 Å². The predicted octanol–water partition coefficient (Wildman–Crippen LogP) is 3.62. The van der Waals surface area contributed by atoms with Gasteiger partial charge in [0.2, 0.25) is 0 Å². The SMILES string of the molecule is CC(C)C1CC(CN)(Nc2cccc(Br)c2)C1. The van der Waals surface area contributed by atoms with E-state index in [1.165, 1.54) is 12.8 Å². The number of benzene rings is 1. The van der Waals surface area contributed by atoms with Gasteiger partial charge in [-0.05, 0) is 42.9 Å². The van der Waals surface area contributed by atoms with Gasteiger partial charge in [-0.25, -0.2) is 0 Å². The minimum absolute atomic E-state index is 0.121. The summed E-state index contributed by atoms with van der Waals surface area (Å²) < 4.78 is 1.11. The quantitative estimate of drug-likeness (QED) is 0.890. The van der Waals surface area contributed by atoms with Crippen molar-refractivity contribution in [2.24, 2.45) is 17.6 Å². The smallest absolute Gasteiger partial charge is 0.0501 e. The Morgan fingerprint density at radius 1 is 1.47 bits per heavy atom. The Kier molecular flexibility index (Phi) is 3.79. The molecular weight excluding hydrogens is 276 g/mol.